The Bertz CT molecular complexity index is 756. The number of benzene rings is 1. The van der Waals surface area contributed by atoms with Crippen LogP contribution in [0.3, 0.4) is 0 Å². The van der Waals surface area contributed by atoms with E-state index in [2.05, 4.69) is 32.9 Å². The van der Waals surface area contributed by atoms with Crippen molar-refractivity contribution in [3.05, 3.63) is 42.0 Å². The predicted octanol–water partition coefficient (Wildman–Crippen LogP) is 5.01. The van der Waals surface area contributed by atoms with Crippen molar-refractivity contribution in [3.8, 4) is 5.75 Å². The molecule has 2 saturated heterocycles. The molecule has 5 nitrogen and oxygen atoms in total. The lowest BCUT2D eigenvalue weighted by Crippen LogP contribution is -2.29. The molecule has 0 amide bonds. The van der Waals surface area contributed by atoms with Gasteiger partial charge in [0.25, 0.3) is 0 Å². The van der Waals surface area contributed by atoms with E-state index < -0.39 is 12.1 Å². The monoisotopic (exact) mass is 430 g/mol. The predicted molar refractivity (Wildman–Crippen MR) is 121 cm³/mol. The van der Waals surface area contributed by atoms with Crippen LogP contribution in [0.2, 0.25) is 0 Å². The molecule has 0 saturated carbocycles. The fourth-order valence-corrected chi connectivity index (χ4v) is 5.00. The van der Waals surface area contributed by atoms with Crippen LogP contribution in [-0.2, 0) is 16.0 Å². The van der Waals surface area contributed by atoms with Gasteiger partial charge in [0.15, 0.2) is 6.61 Å². The van der Waals surface area contributed by atoms with Crippen LogP contribution in [0.25, 0.3) is 0 Å². The molecule has 2 aliphatic heterocycles. The minimum atomic E-state index is -0.973. The smallest absolute Gasteiger partial charge is 0.341 e. The fraction of sp³-hybridized carbons (Fsp3) is 0.654. The molecule has 1 aromatic rings. The van der Waals surface area contributed by atoms with Gasteiger partial charge in [-0.2, -0.15) is 0 Å². The Morgan fingerprint density at radius 3 is 2.84 bits per heavy atom. The first-order chi connectivity index (χ1) is 14.8. The Kier molecular flexibility index (Phi) is 8.17. The zero-order valence-electron chi connectivity index (χ0n) is 19.1. The first-order valence-electron chi connectivity index (χ1n) is 11.8. The molecule has 0 spiro atoms. The Morgan fingerprint density at radius 1 is 1.32 bits per heavy atom. The summed E-state index contributed by atoms with van der Waals surface area (Å²) >= 11 is 0. The average molecular weight is 431 g/mol. The van der Waals surface area contributed by atoms with Crippen molar-refractivity contribution >= 4 is 5.97 Å². The Hall–Kier alpha value is -1.85. The number of aryl methyl sites for hydroxylation is 1. The Labute approximate surface area is 186 Å². The summed E-state index contributed by atoms with van der Waals surface area (Å²) in [5.41, 5.74) is 1.03. The van der Waals surface area contributed by atoms with Crippen molar-refractivity contribution < 1.29 is 24.5 Å². The quantitative estimate of drug-likeness (QED) is 0.456. The van der Waals surface area contributed by atoms with E-state index in [1.807, 2.05) is 18.2 Å². The highest BCUT2D eigenvalue weighted by Crippen LogP contribution is 2.46. The summed E-state index contributed by atoms with van der Waals surface area (Å²) in [7, 11) is 0. The van der Waals surface area contributed by atoms with Crippen LogP contribution in [0.1, 0.15) is 64.9 Å². The van der Waals surface area contributed by atoms with E-state index in [0.29, 0.717) is 23.7 Å². The van der Waals surface area contributed by atoms with Crippen molar-refractivity contribution in [2.24, 2.45) is 17.3 Å². The first kappa shape index (κ1) is 23.8. The van der Waals surface area contributed by atoms with Gasteiger partial charge in [0, 0.05) is 5.92 Å². The van der Waals surface area contributed by atoms with E-state index in [1.165, 1.54) is 0 Å². The third-order valence-corrected chi connectivity index (χ3v) is 7.00. The number of unbranched alkanes of at least 4 members (excludes halogenated alkanes) is 1. The van der Waals surface area contributed by atoms with Gasteiger partial charge in [-0.3, -0.25) is 0 Å². The standard InChI is InChI=1S/C26H38O5/c1-4-5-15-26(2,3)24(27)14-11-21-20(22-12-13-23(21)31-22)10-9-18-7-6-8-19(16-18)30-17-25(28)29/h6-8,11,14,16,20-24,27H,4-5,9-10,12-13,15,17H2,1-3H3,(H,28,29)/t20-,21+,22-,23+,24?/m0/s1. The Balaban J connectivity index is 1.60. The van der Waals surface area contributed by atoms with Gasteiger partial charge in [-0.05, 0) is 61.1 Å². The highest BCUT2D eigenvalue weighted by Gasteiger charge is 2.47. The molecule has 3 rings (SSSR count). The number of hydrogen-bond donors (Lipinski definition) is 2. The summed E-state index contributed by atoms with van der Waals surface area (Å²) < 4.78 is 11.5. The van der Waals surface area contributed by atoms with E-state index in [0.717, 1.165) is 50.5 Å². The molecular formula is C26H38O5. The van der Waals surface area contributed by atoms with E-state index in [-0.39, 0.29) is 18.1 Å². The second kappa shape index (κ2) is 10.6. The Morgan fingerprint density at radius 2 is 2.10 bits per heavy atom. The fourth-order valence-electron chi connectivity index (χ4n) is 5.00. The van der Waals surface area contributed by atoms with Crippen LogP contribution < -0.4 is 4.74 Å². The van der Waals surface area contributed by atoms with Gasteiger partial charge < -0.3 is 19.7 Å². The average Bonchev–Trinajstić information content (AvgIpc) is 3.35. The molecule has 1 unspecified atom stereocenters. The van der Waals surface area contributed by atoms with Crippen LogP contribution in [0.4, 0.5) is 0 Å². The summed E-state index contributed by atoms with van der Waals surface area (Å²) in [5, 5.41) is 19.6. The van der Waals surface area contributed by atoms with Gasteiger partial charge in [0.1, 0.15) is 5.75 Å². The summed E-state index contributed by atoms with van der Waals surface area (Å²) in [4.78, 5) is 10.7. The number of hydrogen-bond acceptors (Lipinski definition) is 4. The third-order valence-electron chi connectivity index (χ3n) is 7.00. The number of carboxylic acids is 1. The maximum Gasteiger partial charge on any atom is 0.341 e. The zero-order chi connectivity index (χ0) is 22.4. The number of aliphatic hydroxyl groups excluding tert-OH is 1. The molecule has 0 radical (unpaired) electrons. The van der Waals surface area contributed by atoms with E-state index in [1.54, 1.807) is 6.07 Å². The summed E-state index contributed by atoms with van der Waals surface area (Å²) in [5.74, 6) is 0.420. The van der Waals surface area contributed by atoms with Crippen LogP contribution in [0, 0.1) is 17.3 Å². The molecule has 2 fully saturated rings. The van der Waals surface area contributed by atoms with Crippen LogP contribution >= 0.6 is 0 Å². The van der Waals surface area contributed by atoms with E-state index in [4.69, 9.17) is 14.6 Å². The first-order valence-corrected chi connectivity index (χ1v) is 11.8. The van der Waals surface area contributed by atoms with Gasteiger partial charge in [-0.1, -0.05) is 57.9 Å². The summed E-state index contributed by atoms with van der Waals surface area (Å²) in [6, 6.07) is 7.70. The van der Waals surface area contributed by atoms with Crippen molar-refractivity contribution in [3.63, 3.8) is 0 Å². The maximum atomic E-state index is 10.8. The largest absolute Gasteiger partial charge is 0.482 e. The van der Waals surface area contributed by atoms with Gasteiger partial charge in [0.2, 0.25) is 0 Å². The SMILES string of the molecule is CCCCC(C)(C)C(O)C=C[C@@H]1[C@H](CCc2cccc(OCC(=O)O)c2)[C@@H]2CC[C@H]1O2. The van der Waals surface area contributed by atoms with Gasteiger partial charge in [0.05, 0.1) is 18.3 Å². The lowest BCUT2D eigenvalue weighted by molar-refractivity contribution is -0.139. The maximum absolute atomic E-state index is 10.8. The number of carbonyl (C=O) groups is 1. The molecule has 0 aromatic heterocycles. The second-order valence-electron chi connectivity index (χ2n) is 9.82. The molecule has 5 heteroatoms. The van der Waals surface area contributed by atoms with Crippen LogP contribution in [0.15, 0.2) is 36.4 Å². The third kappa shape index (κ3) is 6.33. The molecule has 31 heavy (non-hydrogen) atoms. The molecule has 172 valence electrons. The van der Waals surface area contributed by atoms with E-state index in [9.17, 15) is 9.90 Å². The number of rotatable bonds is 12. The molecular weight excluding hydrogens is 392 g/mol. The van der Waals surface area contributed by atoms with Crippen LogP contribution in [-0.4, -0.2) is 41.1 Å². The minimum absolute atomic E-state index is 0.114. The summed E-state index contributed by atoms with van der Waals surface area (Å²) in [6.07, 6.45) is 11.8. The molecule has 2 aliphatic rings. The topological polar surface area (TPSA) is 76.0 Å². The number of carboxylic acid groups (broad SMARTS) is 1. The molecule has 1 aromatic carbocycles. The van der Waals surface area contributed by atoms with Crippen LogP contribution in [0.5, 0.6) is 5.75 Å². The highest BCUT2D eigenvalue weighted by atomic mass is 16.5. The van der Waals surface area contributed by atoms with Gasteiger partial charge >= 0.3 is 5.97 Å². The number of aliphatic hydroxyl groups is 1. The number of fused-ring (bicyclic) bond motifs is 2. The van der Waals surface area contributed by atoms with Crippen molar-refractivity contribution in [2.45, 2.75) is 84.0 Å². The normalized spacial score (nSPS) is 26.5. The molecule has 2 bridgehead atoms. The molecule has 0 aliphatic carbocycles. The molecule has 5 atom stereocenters. The summed E-state index contributed by atoms with van der Waals surface area (Å²) in [6.45, 7) is 6.15. The van der Waals surface area contributed by atoms with Gasteiger partial charge in [-0.25, -0.2) is 4.79 Å². The number of ether oxygens (including phenoxy) is 2. The lowest BCUT2D eigenvalue weighted by Gasteiger charge is -2.30. The van der Waals surface area contributed by atoms with Crippen molar-refractivity contribution in [2.75, 3.05) is 6.61 Å². The zero-order valence-corrected chi connectivity index (χ0v) is 19.1. The van der Waals surface area contributed by atoms with E-state index >= 15 is 0 Å². The van der Waals surface area contributed by atoms with Gasteiger partial charge in [-0.15, -0.1) is 0 Å². The van der Waals surface area contributed by atoms with Crippen molar-refractivity contribution in [1.29, 1.82) is 0 Å². The number of aliphatic carboxylic acids is 1. The molecule has 2 N–H and O–H groups in total. The second-order valence-corrected chi connectivity index (χ2v) is 9.82. The molecule has 2 heterocycles. The van der Waals surface area contributed by atoms with Crippen molar-refractivity contribution in [1.82, 2.24) is 0 Å². The minimum Gasteiger partial charge on any atom is -0.482 e. The lowest BCUT2D eigenvalue weighted by atomic mass is 9.75. The highest BCUT2D eigenvalue weighted by molar-refractivity contribution is 5.68.